The molecule has 3 heterocycles. The second-order valence-electron chi connectivity index (χ2n) is 5.97. The number of thioether (sulfide) groups is 1. The zero-order valence-electron chi connectivity index (χ0n) is 12.7. The molecule has 1 unspecified atom stereocenters. The Balaban J connectivity index is 1.44. The third-order valence-electron chi connectivity index (χ3n) is 4.51. The molecule has 2 aliphatic rings. The molecule has 122 valence electrons. The zero-order valence-corrected chi connectivity index (χ0v) is 13.5. The van der Waals surface area contributed by atoms with E-state index in [-0.39, 0.29) is 5.92 Å². The second-order valence-corrected chi connectivity index (χ2v) is 7.38. The van der Waals surface area contributed by atoms with E-state index in [1.807, 2.05) is 0 Å². The molecule has 0 aliphatic carbocycles. The maximum atomic E-state index is 11.2. The van der Waals surface area contributed by atoms with Crippen LogP contribution in [0.5, 0.6) is 0 Å². The Labute approximate surface area is 134 Å². The number of H-pyrrole nitrogens is 1. The Morgan fingerprint density at radius 3 is 3.05 bits per heavy atom. The van der Waals surface area contributed by atoms with Crippen LogP contribution < -0.4 is 0 Å². The van der Waals surface area contributed by atoms with Gasteiger partial charge < -0.3 is 14.7 Å². The number of aromatic amines is 1. The van der Waals surface area contributed by atoms with Gasteiger partial charge in [0.25, 0.3) is 0 Å². The van der Waals surface area contributed by atoms with Gasteiger partial charge in [0.2, 0.25) is 0 Å². The van der Waals surface area contributed by atoms with E-state index >= 15 is 0 Å². The lowest BCUT2D eigenvalue weighted by atomic mass is 10.0. The Morgan fingerprint density at radius 2 is 2.27 bits per heavy atom. The molecule has 0 saturated carbocycles. The minimum atomic E-state index is -0.891. The lowest BCUT2D eigenvalue weighted by molar-refractivity contribution is 0.0695. The molecule has 1 aromatic rings. The maximum Gasteiger partial charge on any atom is 0.339 e. The van der Waals surface area contributed by atoms with Crippen molar-refractivity contribution >= 4 is 17.7 Å². The van der Waals surface area contributed by atoms with Gasteiger partial charge in [0.15, 0.2) is 0 Å². The van der Waals surface area contributed by atoms with Gasteiger partial charge in [-0.15, -0.1) is 0 Å². The second kappa shape index (κ2) is 7.48. The lowest BCUT2D eigenvalue weighted by Gasteiger charge is -2.23. The summed E-state index contributed by atoms with van der Waals surface area (Å²) < 4.78 is 5.38. The van der Waals surface area contributed by atoms with Crippen molar-refractivity contribution in [2.45, 2.75) is 30.4 Å². The summed E-state index contributed by atoms with van der Waals surface area (Å²) >= 11 is 2.06. The molecule has 1 atom stereocenters. The molecule has 6 nitrogen and oxygen atoms in total. The van der Waals surface area contributed by atoms with Crippen LogP contribution in [0, 0.1) is 0 Å². The van der Waals surface area contributed by atoms with Gasteiger partial charge in [-0.3, -0.25) is 5.10 Å². The number of aromatic nitrogens is 2. The van der Waals surface area contributed by atoms with Crippen LogP contribution in [0.4, 0.5) is 0 Å². The average molecular weight is 325 g/mol. The van der Waals surface area contributed by atoms with Crippen molar-refractivity contribution in [1.82, 2.24) is 15.1 Å². The van der Waals surface area contributed by atoms with E-state index in [9.17, 15) is 9.90 Å². The minimum absolute atomic E-state index is 0.265. The molecule has 1 aromatic heterocycles. The van der Waals surface area contributed by atoms with Gasteiger partial charge in [-0.2, -0.15) is 16.9 Å². The predicted octanol–water partition coefficient (Wildman–Crippen LogP) is 1.81. The molecule has 2 N–H and O–H groups in total. The number of aromatic carboxylic acids is 1. The third kappa shape index (κ3) is 3.83. The van der Waals surface area contributed by atoms with Gasteiger partial charge in [-0.05, 0) is 25.8 Å². The molecule has 0 radical (unpaired) electrons. The van der Waals surface area contributed by atoms with Crippen LogP contribution in [-0.2, 0) is 4.74 Å². The fourth-order valence-corrected chi connectivity index (χ4v) is 4.46. The predicted molar refractivity (Wildman–Crippen MR) is 85.6 cm³/mol. The molecule has 2 aliphatic heterocycles. The van der Waals surface area contributed by atoms with E-state index in [1.54, 1.807) is 0 Å². The Bertz CT molecular complexity index is 502. The number of nitrogens with zero attached hydrogens (tertiary/aromatic N) is 2. The van der Waals surface area contributed by atoms with Gasteiger partial charge in [-0.1, -0.05) is 0 Å². The number of hydrogen-bond acceptors (Lipinski definition) is 5. The molecular formula is C15H23N3O3S. The number of hydrogen-bond donors (Lipinski definition) is 2. The summed E-state index contributed by atoms with van der Waals surface area (Å²) in [6.45, 7) is 4.85. The maximum absolute atomic E-state index is 11.2. The molecule has 0 aromatic carbocycles. The van der Waals surface area contributed by atoms with Crippen LogP contribution >= 0.6 is 11.8 Å². The van der Waals surface area contributed by atoms with Gasteiger partial charge in [0, 0.05) is 43.2 Å². The fraction of sp³-hybridized carbons (Fsp3) is 0.733. The number of ether oxygens (including phenoxy) is 1. The Kier molecular flexibility index (Phi) is 5.38. The number of nitrogens with one attached hydrogen (secondary N) is 1. The first-order chi connectivity index (χ1) is 10.7. The van der Waals surface area contributed by atoms with Crippen molar-refractivity contribution in [2.24, 2.45) is 0 Å². The Morgan fingerprint density at radius 1 is 1.45 bits per heavy atom. The van der Waals surface area contributed by atoms with Crippen LogP contribution in [0.25, 0.3) is 0 Å². The topological polar surface area (TPSA) is 78.4 Å². The molecule has 2 fully saturated rings. The van der Waals surface area contributed by atoms with E-state index in [0.29, 0.717) is 5.56 Å². The van der Waals surface area contributed by atoms with Crippen molar-refractivity contribution in [2.75, 3.05) is 38.6 Å². The van der Waals surface area contributed by atoms with Crippen molar-refractivity contribution in [3.8, 4) is 0 Å². The van der Waals surface area contributed by atoms with Crippen LogP contribution in [-0.4, -0.2) is 70.0 Å². The van der Waals surface area contributed by atoms with Crippen LogP contribution in [0.15, 0.2) is 6.20 Å². The highest BCUT2D eigenvalue weighted by molar-refractivity contribution is 7.99. The SMILES string of the molecule is O=C(O)c1cn[nH]c1C1CCN(CCSC2CCOCC2)C1. The van der Waals surface area contributed by atoms with E-state index in [0.717, 1.165) is 56.0 Å². The van der Waals surface area contributed by atoms with Crippen molar-refractivity contribution in [3.63, 3.8) is 0 Å². The van der Waals surface area contributed by atoms with Gasteiger partial charge in [0.05, 0.1) is 11.9 Å². The largest absolute Gasteiger partial charge is 0.478 e. The lowest BCUT2D eigenvalue weighted by Crippen LogP contribution is -2.25. The van der Waals surface area contributed by atoms with Gasteiger partial charge in [-0.25, -0.2) is 4.79 Å². The highest BCUT2D eigenvalue weighted by atomic mass is 32.2. The van der Waals surface area contributed by atoms with E-state index in [1.165, 1.54) is 19.0 Å². The normalized spacial score (nSPS) is 23.9. The third-order valence-corrected chi connectivity index (χ3v) is 5.87. The van der Waals surface area contributed by atoms with Crippen molar-refractivity contribution < 1.29 is 14.6 Å². The summed E-state index contributed by atoms with van der Waals surface area (Å²) in [7, 11) is 0. The Hall–Kier alpha value is -1.05. The van der Waals surface area contributed by atoms with Crippen molar-refractivity contribution in [3.05, 3.63) is 17.5 Å². The van der Waals surface area contributed by atoms with E-state index in [4.69, 9.17) is 4.74 Å². The quantitative estimate of drug-likeness (QED) is 0.830. The minimum Gasteiger partial charge on any atom is -0.478 e. The molecule has 22 heavy (non-hydrogen) atoms. The molecule has 0 amide bonds. The summed E-state index contributed by atoms with van der Waals surface area (Å²) in [4.78, 5) is 13.6. The van der Waals surface area contributed by atoms with Gasteiger partial charge in [0.1, 0.15) is 5.56 Å². The number of rotatable bonds is 6. The van der Waals surface area contributed by atoms with E-state index < -0.39 is 5.97 Å². The summed E-state index contributed by atoms with van der Waals surface area (Å²) in [5.74, 6) is 0.519. The monoisotopic (exact) mass is 325 g/mol. The molecule has 0 spiro atoms. The van der Waals surface area contributed by atoms with Crippen LogP contribution in [0.2, 0.25) is 0 Å². The molecule has 7 heteroatoms. The first-order valence-electron chi connectivity index (χ1n) is 7.92. The highest BCUT2D eigenvalue weighted by Crippen LogP contribution is 2.29. The summed E-state index contributed by atoms with van der Waals surface area (Å²) in [5.41, 5.74) is 1.11. The summed E-state index contributed by atoms with van der Waals surface area (Å²) in [6.07, 6.45) is 4.76. The highest BCUT2D eigenvalue weighted by Gasteiger charge is 2.28. The van der Waals surface area contributed by atoms with Crippen LogP contribution in [0.1, 0.15) is 41.2 Å². The number of carboxylic acids is 1. The smallest absolute Gasteiger partial charge is 0.339 e. The number of carbonyl (C=O) groups is 1. The first kappa shape index (κ1) is 15.8. The summed E-state index contributed by atoms with van der Waals surface area (Å²) in [6, 6.07) is 0. The van der Waals surface area contributed by atoms with Gasteiger partial charge >= 0.3 is 5.97 Å². The summed E-state index contributed by atoms with van der Waals surface area (Å²) in [5, 5.41) is 16.7. The molecular weight excluding hydrogens is 302 g/mol. The first-order valence-corrected chi connectivity index (χ1v) is 8.97. The van der Waals surface area contributed by atoms with Crippen molar-refractivity contribution in [1.29, 1.82) is 0 Å². The molecule has 2 saturated heterocycles. The zero-order chi connectivity index (χ0) is 15.4. The number of carboxylic acid groups (broad SMARTS) is 1. The van der Waals surface area contributed by atoms with E-state index in [2.05, 4.69) is 26.9 Å². The van der Waals surface area contributed by atoms with Crippen LogP contribution in [0.3, 0.4) is 0 Å². The molecule has 0 bridgehead atoms. The average Bonchev–Trinajstić information content (AvgIpc) is 3.17. The fourth-order valence-electron chi connectivity index (χ4n) is 3.24. The standard InChI is InChI=1S/C15H23N3O3S/c19-15(20)13-9-16-17-14(13)11-1-4-18(10-11)5-8-22-12-2-6-21-7-3-12/h9,11-12H,1-8,10H2,(H,16,17)(H,19,20). The molecule has 3 rings (SSSR count). The number of likely N-dealkylation sites (tertiary alicyclic amines) is 1.